The third-order valence-electron chi connectivity index (χ3n) is 3.52. The Kier molecular flexibility index (Phi) is 3.62. The number of nitrogens with one attached hydrogen (secondary N) is 1. The van der Waals surface area contributed by atoms with E-state index in [0.29, 0.717) is 10.0 Å². The Hall–Kier alpha value is -1.47. The standard InChI is InChI=1S/C14H11Cl2N5S/c15-8-1-2-9(10(16)5-8)14-18-11(7-22-14)13-20-19-12-6-17-3-4-21(12)13/h1-2,5,7,17H,3-4,6H2. The van der Waals surface area contributed by atoms with Crippen molar-refractivity contribution in [2.45, 2.75) is 13.1 Å². The highest BCUT2D eigenvalue weighted by molar-refractivity contribution is 7.13. The second-order valence-corrected chi connectivity index (χ2v) is 6.63. The molecule has 3 aromatic rings. The van der Waals surface area contributed by atoms with Gasteiger partial charge in [-0.15, -0.1) is 21.5 Å². The Labute approximate surface area is 140 Å². The lowest BCUT2D eigenvalue weighted by molar-refractivity contribution is 0.508. The minimum atomic E-state index is 0.598. The molecule has 0 radical (unpaired) electrons. The van der Waals surface area contributed by atoms with Gasteiger partial charge in [0.25, 0.3) is 0 Å². The van der Waals surface area contributed by atoms with Crippen LogP contribution in [-0.4, -0.2) is 26.3 Å². The molecule has 0 aliphatic carbocycles. The van der Waals surface area contributed by atoms with Crippen molar-refractivity contribution in [3.05, 3.63) is 39.4 Å². The smallest absolute Gasteiger partial charge is 0.183 e. The van der Waals surface area contributed by atoms with Crippen LogP contribution in [0, 0.1) is 0 Å². The van der Waals surface area contributed by atoms with Gasteiger partial charge in [-0.05, 0) is 18.2 Å². The SMILES string of the molecule is Clc1ccc(-c2nc(-c3nnc4n3CCNC4)cs2)c(Cl)c1. The maximum Gasteiger partial charge on any atom is 0.183 e. The van der Waals surface area contributed by atoms with Crippen LogP contribution < -0.4 is 5.32 Å². The molecular formula is C14H11Cl2N5S. The van der Waals surface area contributed by atoms with E-state index in [2.05, 4.69) is 25.1 Å². The Morgan fingerprint density at radius 3 is 3.00 bits per heavy atom. The fraction of sp³-hybridized carbons (Fsp3) is 0.214. The summed E-state index contributed by atoms with van der Waals surface area (Å²) in [5.41, 5.74) is 1.70. The normalized spacial score (nSPS) is 14.1. The van der Waals surface area contributed by atoms with Crippen LogP contribution in [-0.2, 0) is 13.1 Å². The molecule has 1 aromatic carbocycles. The van der Waals surface area contributed by atoms with Crippen molar-refractivity contribution in [2.75, 3.05) is 6.54 Å². The molecule has 2 aromatic heterocycles. The third kappa shape index (κ3) is 2.42. The summed E-state index contributed by atoms with van der Waals surface area (Å²) in [7, 11) is 0. The van der Waals surface area contributed by atoms with Gasteiger partial charge in [0.05, 0.1) is 11.6 Å². The van der Waals surface area contributed by atoms with Crippen LogP contribution >= 0.6 is 34.5 Å². The Balaban J connectivity index is 1.74. The molecule has 22 heavy (non-hydrogen) atoms. The molecule has 4 rings (SSSR count). The average molecular weight is 352 g/mol. The maximum atomic E-state index is 6.25. The number of fused-ring (bicyclic) bond motifs is 1. The van der Waals surface area contributed by atoms with Gasteiger partial charge in [-0.2, -0.15) is 0 Å². The predicted molar refractivity (Wildman–Crippen MR) is 88.3 cm³/mol. The quantitative estimate of drug-likeness (QED) is 0.767. The van der Waals surface area contributed by atoms with Crippen molar-refractivity contribution in [3.63, 3.8) is 0 Å². The highest BCUT2D eigenvalue weighted by Crippen LogP contribution is 2.34. The summed E-state index contributed by atoms with van der Waals surface area (Å²) in [5.74, 6) is 1.75. The number of benzene rings is 1. The van der Waals surface area contributed by atoms with Crippen LogP contribution in [0.2, 0.25) is 10.0 Å². The zero-order valence-electron chi connectivity index (χ0n) is 11.4. The molecule has 1 N–H and O–H groups in total. The summed E-state index contributed by atoms with van der Waals surface area (Å²) in [5, 5.41) is 15.8. The van der Waals surface area contributed by atoms with Crippen molar-refractivity contribution in [2.24, 2.45) is 0 Å². The van der Waals surface area contributed by atoms with Crippen LogP contribution in [0.1, 0.15) is 5.82 Å². The highest BCUT2D eigenvalue weighted by Gasteiger charge is 2.19. The number of aromatic nitrogens is 4. The van der Waals surface area contributed by atoms with E-state index in [4.69, 9.17) is 23.2 Å². The first-order chi connectivity index (χ1) is 10.7. The lowest BCUT2D eigenvalue weighted by Crippen LogP contribution is -2.28. The van der Waals surface area contributed by atoms with Crippen LogP contribution in [0.3, 0.4) is 0 Å². The van der Waals surface area contributed by atoms with Gasteiger partial charge in [0.1, 0.15) is 16.5 Å². The first-order valence-electron chi connectivity index (χ1n) is 6.76. The van der Waals surface area contributed by atoms with Crippen LogP contribution in [0.25, 0.3) is 22.1 Å². The van der Waals surface area contributed by atoms with Crippen molar-refractivity contribution in [1.29, 1.82) is 0 Å². The molecule has 0 bridgehead atoms. The summed E-state index contributed by atoms with van der Waals surface area (Å²) < 4.78 is 2.11. The minimum absolute atomic E-state index is 0.598. The summed E-state index contributed by atoms with van der Waals surface area (Å²) in [6, 6.07) is 5.43. The largest absolute Gasteiger partial charge is 0.308 e. The predicted octanol–water partition coefficient (Wildman–Crippen LogP) is 3.48. The van der Waals surface area contributed by atoms with E-state index in [9.17, 15) is 0 Å². The fourth-order valence-corrected chi connectivity index (χ4v) is 3.84. The zero-order valence-corrected chi connectivity index (χ0v) is 13.7. The zero-order chi connectivity index (χ0) is 15.1. The second kappa shape index (κ2) is 5.62. The van der Waals surface area contributed by atoms with E-state index in [0.717, 1.165) is 47.5 Å². The number of halogens is 2. The van der Waals surface area contributed by atoms with E-state index in [1.807, 2.05) is 17.5 Å². The topological polar surface area (TPSA) is 55.6 Å². The van der Waals surface area contributed by atoms with E-state index >= 15 is 0 Å². The molecule has 0 spiro atoms. The Morgan fingerprint density at radius 2 is 2.14 bits per heavy atom. The van der Waals surface area contributed by atoms with Crippen molar-refractivity contribution >= 4 is 34.5 Å². The first-order valence-corrected chi connectivity index (χ1v) is 8.40. The van der Waals surface area contributed by atoms with Gasteiger partial charge >= 0.3 is 0 Å². The average Bonchev–Trinajstić information content (AvgIpc) is 3.13. The van der Waals surface area contributed by atoms with E-state index in [1.165, 1.54) is 11.3 Å². The molecule has 5 nitrogen and oxygen atoms in total. The number of thiazole rings is 1. The number of rotatable bonds is 2. The second-order valence-electron chi connectivity index (χ2n) is 4.93. The van der Waals surface area contributed by atoms with Crippen molar-refractivity contribution in [1.82, 2.24) is 25.1 Å². The molecule has 112 valence electrons. The van der Waals surface area contributed by atoms with Gasteiger partial charge in [0, 0.05) is 29.1 Å². The fourth-order valence-electron chi connectivity index (χ4n) is 2.44. The van der Waals surface area contributed by atoms with Crippen LogP contribution in [0.5, 0.6) is 0 Å². The molecule has 0 amide bonds. The van der Waals surface area contributed by atoms with Gasteiger partial charge < -0.3 is 9.88 Å². The van der Waals surface area contributed by atoms with E-state index < -0.39 is 0 Å². The Morgan fingerprint density at radius 1 is 1.23 bits per heavy atom. The van der Waals surface area contributed by atoms with E-state index in [1.54, 1.807) is 6.07 Å². The van der Waals surface area contributed by atoms with Gasteiger partial charge in [-0.3, -0.25) is 0 Å². The summed E-state index contributed by atoms with van der Waals surface area (Å²) in [6.07, 6.45) is 0. The molecule has 8 heteroatoms. The van der Waals surface area contributed by atoms with E-state index in [-0.39, 0.29) is 0 Å². The molecule has 0 saturated heterocycles. The lowest BCUT2D eigenvalue weighted by Gasteiger charge is -2.15. The van der Waals surface area contributed by atoms with Crippen LogP contribution in [0.15, 0.2) is 23.6 Å². The van der Waals surface area contributed by atoms with Gasteiger partial charge in [-0.25, -0.2) is 4.98 Å². The monoisotopic (exact) mass is 351 g/mol. The maximum absolute atomic E-state index is 6.25. The molecule has 3 heterocycles. The molecule has 0 saturated carbocycles. The number of hydrogen-bond donors (Lipinski definition) is 1. The Bertz CT molecular complexity index is 842. The third-order valence-corrected chi connectivity index (χ3v) is 4.94. The summed E-state index contributed by atoms with van der Waals surface area (Å²) in [4.78, 5) is 4.67. The van der Waals surface area contributed by atoms with Gasteiger partial charge in [0.2, 0.25) is 0 Å². The van der Waals surface area contributed by atoms with Gasteiger partial charge in [-0.1, -0.05) is 23.2 Å². The lowest BCUT2D eigenvalue weighted by atomic mass is 10.2. The highest BCUT2D eigenvalue weighted by atomic mass is 35.5. The number of hydrogen-bond acceptors (Lipinski definition) is 5. The number of nitrogens with zero attached hydrogens (tertiary/aromatic N) is 4. The molecule has 0 atom stereocenters. The minimum Gasteiger partial charge on any atom is -0.308 e. The molecule has 0 fully saturated rings. The van der Waals surface area contributed by atoms with Gasteiger partial charge in [0.15, 0.2) is 5.82 Å². The van der Waals surface area contributed by atoms with Crippen LogP contribution in [0.4, 0.5) is 0 Å². The molecule has 0 unspecified atom stereocenters. The summed E-state index contributed by atoms with van der Waals surface area (Å²) in [6.45, 7) is 2.51. The molecule has 1 aliphatic rings. The summed E-state index contributed by atoms with van der Waals surface area (Å²) >= 11 is 13.7. The molecule has 1 aliphatic heterocycles. The van der Waals surface area contributed by atoms with Crippen molar-refractivity contribution in [3.8, 4) is 22.1 Å². The molecular weight excluding hydrogens is 341 g/mol. The first kappa shape index (κ1) is 14.1. The van der Waals surface area contributed by atoms with Crippen molar-refractivity contribution < 1.29 is 0 Å².